The van der Waals surface area contributed by atoms with Crippen molar-refractivity contribution in [1.82, 2.24) is 9.97 Å². The quantitative estimate of drug-likeness (QED) is 0.752. The lowest BCUT2D eigenvalue weighted by molar-refractivity contribution is 0.0880. The van der Waals surface area contributed by atoms with E-state index in [1.54, 1.807) is 13.0 Å². The third kappa shape index (κ3) is 2.40. The molecule has 1 aromatic heterocycles. The number of rotatable bonds is 2. The molecule has 0 bridgehead atoms. The van der Waals surface area contributed by atoms with Gasteiger partial charge >= 0.3 is 0 Å². The number of hydrogen-bond acceptors (Lipinski definition) is 3. The molecule has 0 unspecified atom stereocenters. The average molecular weight is 248 g/mol. The van der Waals surface area contributed by atoms with E-state index >= 15 is 0 Å². The Hall–Kier alpha value is -0.970. The summed E-state index contributed by atoms with van der Waals surface area (Å²) < 4.78 is 25.0. The Morgan fingerprint density at radius 3 is 2.81 bits per heavy atom. The molecule has 2 rings (SSSR count). The van der Waals surface area contributed by atoms with Gasteiger partial charge in [0.1, 0.15) is 16.8 Å². The average Bonchev–Trinajstić information content (AvgIpc) is 2.64. The molecule has 0 N–H and O–H groups in total. The van der Waals surface area contributed by atoms with E-state index < -0.39 is 12.3 Å². The Morgan fingerprint density at radius 1 is 1.50 bits per heavy atom. The van der Waals surface area contributed by atoms with Crippen LogP contribution < -0.4 is 4.90 Å². The lowest BCUT2D eigenvalue weighted by Crippen LogP contribution is -2.23. The molecule has 1 atom stereocenters. The fourth-order valence-electron chi connectivity index (χ4n) is 1.88. The van der Waals surface area contributed by atoms with Gasteiger partial charge in [0.15, 0.2) is 0 Å². The molecule has 0 spiro atoms. The van der Waals surface area contributed by atoms with Gasteiger partial charge in [-0.05, 0) is 13.3 Å². The number of hydrogen-bond donors (Lipinski definition) is 0. The van der Waals surface area contributed by atoms with Crippen LogP contribution in [0.15, 0.2) is 6.07 Å². The van der Waals surface area contributed by atoms with E-state index in [9.17, 15) is 8.78 Å². The van der Waals surface area contributed by atoms with Crippen LogP contribution in [0.3, 0.4) is 0 Å². The topological polar surface area (TPSA) is 29.0 Å². The number of nitrogens with zero attached hydrogens (tertiary/aromatic N) is 3. The smallest absolute Gasteiger partial charge is 0.243 e. The first-order valence-electron chi connectivity index (χ1n) is 5.10. The first-order chi connectivity index (χ1) is 7.56. The Morgan fingerprint density at radius 2 is 2.25 bits per heavy atom. The van der Waals surface area contributed by atoms with E-state index in [0.29, 0.717) is 36.3 Å². The monoisotopic (exact) mass is 247 g/mol. The molecule has 0 radical (unpaired) electrons. The summed E-state index contributed by atoms with van der Waals surface area (Å²) in [6.07, 6.45) is -1.76. The number of aromatic nitrogens is 2. The minimum absolute atomic E-state index is 0.338. The molecule has 1 aliphatic heterocycles. The van der Waals surface area contributed by atoms with E-state index in [2.05, 4.69) is 9.97 Å². The zero-order chi connectivity index (χ0) is 11.7. The van der Waals surface area contributed by atoms with Gasteiger partial charge in [0, 0.05) is 25.1 Å². The minimum atomic E-state index is -2.26. The lowest BCUT2D eigenvalue weighted by Gasteiger charge is -2.17. The van der Waals surface area contributed by atoms with E-state index in [4.69, 9.17) is 11.6 Å². The Balaban J connectivity index is 2.14. The van der Waals surface area contributed by atoms with Crippen LogP contribution in [-0.2, 0) is 0 Å². The van der Waals surface area contributed by atoms with Gasteiger partial charge in [0.25, 0.3) is 0 Å². The Kier molecular flexibility index (Phi) is 3.23. The fourth-order valence-corrected chi connectivity index (χ4v) is 2.10. The third-order valence-corrected chi connectivity index (χ3v) is 2.89. The second kappa shape index (κ2) is 4.49. The lowest BCUT2D eigenvalue weighted by atomic mass is 10.1. The summed E-state index contributed by atoms with van der Waals surface area (Å²) in [5.74, 6) is 0.637. The van der Waals surface area contributed by atoms with Crippen molar-refractivity contribution in [3.05, 3.63) is 17.0 Å². The zero-order valence-corrected chi connectivity index (χ0v) is 9.58. The second-order valence-electron chi connectivity index (χ2n) is 3.93. The van der Waals surface area contributed by atoms with Crippen molar-refractivity contribution < 1.29 is 8.78 Å². The summed E-state index contributed by atoms with van der Waals surface area (Å²) in [6, 6.07) is 1.61. The molecular weight excluding hydrogens is 236 g/mol. The van der Waals surface area contributed by atoms with Gasteiger partial charge in [-0.2, -0.15) is 0 Å². The van der Waals surface area contributed by atoms with Gasteiger partial charge in [0.2, 0.25) is 6.43 Å². The number of aryl methyl sites for hydroxylation is 1. The minimum Gasteiger partial charge on any atom is -0.356 e. The molecule has 88 valence electrons. The highest BCUT2D eigenvalue weighted by Crippen LogP contribution is 2.27. The van der Waals surface area contributed by atoms with E-state index in [1.165, 1.54) is 0 Å². The van der Waals surface area contributed by atoms with Gasteiger partial charge in [-0.3, -0.25) is 0 Å². The van der Waals surface area contributed by atoms with Crippen LogP contribution in [0.2, 0.25) is 5.15 Å². The molecule has 0 aromatic carbocycles. The molecule has 6 heteroatoms. The van der Waals surface area contributed by atoms with Crippen molar-refractivity contribution in [2.24, 2.45) is 5.92 Å². The van der Waals surface area contributed by atoms with Gasteiger partial charge < -0.3 is 4.90 Å². The molecule has 1 aromatic rings. The van der Waals surface area contributed by atoms with Crippen LogP contribution in [0.25, 0.3) is 0 Å². The molecule has 1 fully saturated rings. The first kappa shape index (κ1) is 11.5. The molecule has 0 aliphatic carbocycles. The first-order valence-corrected chi connectivity index (χ1v) is 5.48. The molecule has 16 heavy (non-hydrogen) atoms. The van der Waals surface area contributed by atoms with Crippen LogP contribution in [0.1, 0.15) is 12.2 Å². The van der Waals surface area contributed by atoms with Crippen LogP contribution in [0.4, 0.5) is 14.6 Å². The van der Waals surface area contributed by atoms with Gasteiger partial charge in [-0.25, -0.2) is 18.7 Å². The Bertz CT molecular complexity index is 366. The number of halogens is 3. The van der Waals surface area contributed by atoms with Crippen LogP contribution in [0.5, 0.6) is 0 Å². The number of alkyl halides is 2. The van der Waals surface area contributed by atoms with Gasteiger partial charge in [-0.1, -0.05) is 11.6 Å². The third-order valence-electron chi connectivity index (χ3n) is 2.70. The highest BCUT2D eigenvalue weighted by molar-refractivity contribution is 6.29. The maximum Gasteiger partial charge on any atom is 0.243 e. The molecular formula is C10H12ClF2N3. The Labute approximate surface area is 97.4 Å². The van der Waals surface area contributed by atoms with Gasteiger partial charge in [0.05, 0.1) is 0 Å². The largest absolute Gasteiger partial charge is 0.356 e. The van der Waals surface area contributed by atoms with Crippen LogP contribution in [-0.4, -0.2) is 29.5 Å². The summed E-state index contributed by atoms with van der Waals surface area (Å²) in [5, 5.41) is 0.350. The second-order valence-corrected chi connectivity index (χ2v) is 4.31. The zero-order valence-electron chi connectivity index (χ0n) is 8.83. The summed E-state index contributed by atoms with van der Waals surface area (Å²) in [7, 11) is 0. The summed E-state index contributed by atoms with van der Waals surface area (Å²) in [6.45, 7) is 2.67. The van der Waals surface area contributed by atoms with Crippen molar-refractivity contribution in [2.45, 2.75) is 19.8 Å². The molecule has 0 saturated carbocycles. The SMILES string of the molecule is Cc1nc(Cl)cc(N2CC[C@@H](C(F)F)C2)n1. The van der Waals surface area contributed by atoms with E-state index in [-0.39, 0.29) is 0 Å². The molecule has 2 heterocycles. The highest BCUT2D eigenvalue weighted by atomic mass is 35.5. The van der Waals surface area contributed by atoms with Crippen LogP contribution >= 0.6 is 11.6 Å². The maximum absolute atomic E-state index is 12.5. The standard InChI is InChI=1S/C10H12ClF2N3/c1-6-14-8(11)4-9(15-6)16-3-2-7(5-16)10(12)13/h4,7,10H,2-3,5H2,1H3/t7-/m1/s1. The van der Waals surface area contributed by atoms with Crippen molar-refractivity contribution >= 4 is 17.4 Å². The number of anilines is 1. The normalized spacial score (nSPS) is 20.8. The molecule has 0 amide bonds. The van der Waals surface area contributed by atoms with E-state index in [1.807, 2.05) is 4.90 Å². The van der Waals surface area contributed by atoms with Crippen molar-refractivity contribution in [3.63, 3.8) is 0 Å². The molecule has 1 aliphatic rings. The van der Waals surface area contributed by atoms with Crippen LogP contribution in [0, 0.1) is 12.8 Å². The van der Waals surface area contributed by atoms with Gasteiger partial charge in [-0.15, -0.1) is 0 Å². The maximum atomic E-state index is 12.5. The van der Waals surface area contributed by atoms with Crippen molar-refractivity contribution in [3.8, 4) is 0 Å². The summed E-state index contributed by atoms with van der Waals surface area (Å²) >= 11 is 5.80. The summed E-state index contributed by atoms with van der Waals surface area (Å²) in [5.41, 5.74) is 0. The summed E-state index contributed by atoms with van der Waals surface area (Å²) in [4.78, 5) is 9.97. The van der Waals surface area contributed by atoms with Crippen molar-refractivity contribution in [2.75, 3.05) is 18.0 Å². The van der Waals surface area contributed by atoms with E-state index in [0.717, 1.165) is 0 Å². The highest BCUT2D eigenvalue weighted by Gasteiger charge is 2.30. The predicted molar refractivity (Wildman–Crippen MR) is 58.1 cm³/mol. The van der Waals surface area contributed by atoms with Crippen molar-refractivity contribution in [1.29, 1.82) is 0 Å². The molecule has 3 nitrogen and oxygen atoms in total. The molecule has 1 saturated heterocycles. The predicted octanol–water partition coefficient (Wildman–Crippen LogP) is 2.53. The fraction of sp³-hybridized carbons (Fsp3) is 0.600.